The molecule has 1 aliphatic rings. The summed E-state index contributed by atoms with van der Waals surface area (Å²) in [6, 6.07) is 4.26. The molecule has 3 amide bonds. The van der Waals surface area contributed by atoms with Crippen LogP contribution < -0.4 is 5.32 Å². The fourth-order valence-corrected chi connectivity index (χ4v) is 2.89. The van der Waals surface area contributed by atoms with Crippen molar-refractivity contribution in [1.82, 2.24) is 9.80 Å². The first-order valence-electron chi connectivity index (χ1n) is 7.45. The number of methoxy groups -OCH3 is 1. The highest BCUT2D eigenvalue weighted by atomic mass is 35.5. The summed E-state index contributed by atoms with van der Waals surface area (Å²) in [6.07, 6.45) is 0.452. The Morgan fingerprint density at radius 3 is 2.71 bits per heavy atom. The van der Waals surface area contributed by atoms with Gasteiger partial charge < -0.3 is 19.9 Å². The number of rotatable bonds is 4. The van der Waals surface area contributed by atoms with Crippen LogP contribution in [0.25, 0.3) is 0 Å². The average molecular weight is 354 g/mol. The molecule has 8 heteroatoms. The molecular formula is C16H20ClN3O4. The van der Waals surface area contributed by atoms with E-state index in [2.05, 4.69) is 10.1 Å². The van der Waals surface area contributed by atoms with Crippen molar-refractivity contribution in [2.24, 2.45) is 5.92 Å². The van der Waals surface area contributed by atoms with Gasteiger partial charge in [0.1, 0.15) is 0 Å². The molecule has 0 saturated carbocycles. The first-order valence-corrected chi connectivity index (χ1v) is 7.83. The number of amides is 3. The third-order valence-electron chi connectivity index (χ3n) is 3.93. The molecule has 0 radical (unpaired) electrons. The third kappa shape index (κ3) is 4.17. The minimum Gasteiger partial charge on any atom is -0.465 e. The van der Waals surface area contributed by atoms with Gasteiger partial charge in [0.25, 0.3) is 0 Å². The van der Waals surface area contributed by atoms with E-state index in [0.717, 1.165) is 0 Å². The second-order valence-corrected chi connectivity index (χ2v) is 6.25. The van der Waals surface area contributed by atoms with Crippen molar-refractivity contribution in [3.8, 4) is 0 Å². The number of hydrogen-bond acceptors (Lipinski definition) is 4. The molecule has 0 aliphatic carbocycles. The van der Waals surface area contributed by atoms with Crippen molar-refractivity contribution in [2.45, 2.75) is 6.42 Å². The summed E-state index contributed by atoms with van der Waals surface area (Å²) in [5.41, 5.74) is 0.710. The second kappa shape index (κ2) is 7.53. The molecule has 1 aromatic rings. The zero-order valence-corrected chi connectivity index (χ0v) is 14.6. The van der Waals surface area contributed by atoms with E-state index in [-0.39, 0.29) is 28.4 Å². The molecular weight excluding hydrogens is 334 g/mol. The molecule has 1 heterocycles. The number of benzene rings is 1. The van der Waals surface area contributed by atoms with Crippen molar-refractivity contribution in [1.29, 1.82) is 0 Å². The van der Waals surface area contributed by atoms with E-state index in [1.54, 1.807) is 25.1 Å². The van der Waals surface area contributed by atoms with Gasteiger partial charge in [-0.2, -0.15) is 0 Å². The molecule has 0 spiro atoms. The first-order chi connectivity index (χ1) is 11.3. The van der Waals surface area contributed by atoms with Crippen LogP contribution >= 0.6 is 11.6 Å². The van der Waals surface area contributed by atoms with E-state index in [1.807, 2.05) is 0 Å². The van der Waals surface area contributed by atoms with Crippen molar-refractivity contribution in [3.05, 3.63) is 28.8 Å². The number of carbonyl (C=O) groups is 3. The van der Waals surface area contributed by atoms with Gasteiger partial charge in [-0.05, 0) is 18.2 Å². The van der Waals surface area contributed by atoms with E-state index in [9.17, 15) is 14.4 Å². The van der Waals surface area contributed by atoms with Gasteiger partial charge in [-0.1, -0.05) is 11.6 Å². The number of urea groups is 1. The number of anilines is 1. The van der Waals surface area contributed by atoms with Gasteiger partial charge in [-0.3, -0.25) is 4.79 Å². The lowest BCUT2D eigenvalue weighted by atomic mass is 10.1. The molecule has 2 rings (SSSR count). The Morgan fingerprint density at radius 2 is 2.17 bits per heavy atom. The molecule has 1 aromatic carbocycles. The van der Waals surface area contributed by atoms with Gasteiger partial charge in [0.15, 0.2) is 0 Å². The molecule has 1 fully saturated rings. The summed E-state index contributed by atoms with van der Waals surface area (Å²) in [6.45, 7) is 1.13. The van der Waals surface area contributed by atoms with Crippen molar-refractivity contribution in [2.75, 3.05) is 39.6 Å². The number of nitrogens with zero attached hydrogens (tertiary/aromatic N) is 2. The van der Waals surface area contributed by atoms with Crippen molar-refractivity contribution in [3.63, 3.8) is 0 Å². The van der Waals surface area contributed by atoms with Gasteiger partial charge in [-0.25, -0.2) is 9.59 Å². The summed E-state index contributed by atoms with van der Waals surface area (Å²) >= 11 is 6.03. The van der Waals surface area contributed by atoms with Gasteiger partial charge in [0.2, 0.25) is 5.91 Å². The Bertz CT molecular complexity index is 665. The normalized spacial score (nSPS) is 16.9. The van der Waals surface area contributed by atoms with Gasteiger partial charge >= 0.3 is 12.0 Å². The molecule has 0 aromatic heterocycles. The second-order valence-electron chi connectivity index (χ2n) is 5.84. The number of carbonyl (C=O) groups excluding carboxylic acids is 3. The lowest BCUT2D eigenvalue weighted by molar-refractivity contribution is -0.126. The third-order valence-corrected chi connectivity index (χ3v) is 4.24. The van der Waals surface area contributed by atoms with Crippen LogP contribution in [-0.2, 0) is 9.53 Å². The molecule has 1 N–H and O–H groups in total. The van der Waals surface area contributed by atoms with Gasteiger partial charge in [0.05, 0.1) is 17.7 Å². The Balaban J connectivity index is 1.95. The quantitative estimate of drug-likeness (QED) is 0.840. The zero-order chi connectivity index (χ0) is 17.9. The number of nitrogens with one attached hydrogen (secondary N) is 1. The average Bonchev–Trinajstić information content (AvgIpc) is 2.84. The van der Waals surface area contributed by atoms with Crippen LogP contribution in [0.2, 0.25) is 5.02 Å². The molecule has 24 heavy (non-hydrogen) atoms. The number of esters is 1. The molecule has 1 atom stereocenters. The fraction of sp³-hybridized carbons (Fsp3) is 0.438. The summed E-state index contributed by atoms with van der Waals surface area (Å²) in [5, 5.41) is 2.91. The fourth-order valence-electron chi connectivity index (χ4n) is 2.64. The maximum absolute atomic E-state index is 12.2. The van der Waals surface area contributed by atoms with E-state index < -0.39 is 5.97 Å². The number of halogens is 1. The summed E-state index contributed by atoms with van der Waals surface area (Å²) < 4.78 is 4.62. The van der Waals surface area contributed by atoms with Gasteiger partial charge in [-0.15, -0.1) is 0 Å². The standard InChI is InChI=1S/C16H20ClN3O4/c1-19-8-10(6-14(19)21)9-20(2)16(23)18-11-4-5-12(13(17)7-11)15(22)24-3/h4-5,7,10H,6,8-9H2,1-3H3,(H,18,23)/t10-/m1/s1. The highest BCUT2D eigenvalue weighted by Gasteiger charge is 2.28. The molecule has 0 bridgehead atoms. The minimum absolute atomic E-state index is 0.0963. The van der Waals surface area contributed by atoms with Crippen LogP contribution in [0.4, 0.5) is 10.5 Å². The van der Waals surface area contributed by atoms with Crippen LogP contribution in [0.5, 0.6) is 0 Å². The van der Waals surface area contributed by atoms with E-state index in [1.165, 1.54) is 24.1 Å². The lowest BCUT2D eigenvalue weighted by Crippen LogP contribution is -2.36. The van der Waals surface area contributed by atoms with E-state index in [4.69, 9.17) is 11.6 Å². The van der Waals surface area contributed by atoms with Gasteiger partial charge in [0, 0.05) is 45.2 Å². The minimum atomic E-state index is -0.537. The summed E-state index contributed by atoms with van der Waals surface area (Å²) in [7, 11) is 4.70. The maximum Gasteiger partial charge on any atom is 0.339 e. The van der Waals surface area contributed by atoms with Crippen LogP contribution in [-0.4, -0.2) is 62.0 Å². The predicted molar refractivity (Wildman–Crippen MR) is 90.2 cm³/mol. The molecule has 130 valence electrons. The van der Waals surface area contributed by atoms with Crippen LogP contribution in [0, 0.1) is 5.92 Å². The van der Waals surface area contributed by atoms with Crippen LogP contribution in [0.3, 0.4) is 0 Å². The molecule has 0 unspecified atom stereocenters. The van der Waals surface area contributed by atoms with E-state index in [0.29, 0.717) is 25.2 Å². The lowest BCUT2D eigenvalue weighted by Gasteiger charge is -2.21. The largest absolute Gasteiger partial charge is 0.465 e. The molecule has 1 aliphatic heterocycles. The number of hydrogen-bond donors (Lipinski definition) is 1. The topological polar surface area (TPSA) is 79.0 Å². The zero-order valence-electron chi connectivity index (χ0n) is 13.8. The number of likely N-dealkylation sites (tertiary alicyclic amines) is 1. The maximum atomic E-state index is 12.2. The van der Waals surface area contributed by atoms with Crippen LogP contribution in [0.1, 0.15) is 16.8 Å². The Morgan fingerprint density at radius 1 is 1.46 bits per heavy atom. The highest BCUT2D eigenvalue weighted by Crippen LogP contribution is 2.22. The molecule has 7 nitrogen and oxygen atoms in total. The van der Waals surface area contributed by atoms with Crippen LogP contribution in [0.15, 0.2) is 18.2 Å². The number of ether oxygens (including phenoxy) is 1. The molecule has 1 saturated heterocycles. The highest BCUT2D eigenvalue weighted by molar-refractivity contribution is 6.33. The van der Waals surface area contributed by atoms with Crippen molar-refractivity contribution >= 4 is 35.2 Å². The monoisotopic (exact) mass is 353 g/mol. The predicted octanol–water partition coefficient (Wildman–Crippen LogP) is 2.07. The smallest absolute Gasteiger partial charge is 0.339 e. The summed E-state index contributed by atoms with van der Waals surface area (Å²) in [5.74, 6) is -0.312. The Hall–Kier alpha value is -2.28. The Kier molecular flexibility index (Phi) is 5.66. The van der Waals surface area contributed by atoms with E-state index >= 15 is 0 Å². The van der Waals surface area contributed by atoms with Crippen molar-refractivity contribution < 1.29 is 19.1 Å². The summed E-state index contributed by atoms with van der Waals surface area (Å²) in [4.78, 5) is 38.4. The first kappa shape index (κ1) is 18.1. The SMILES string of the molecule is COC(=O)c1ccc(NC(=O)N(C)C[C@@H]2CC(=O)N(C)C2)cc1Cl. The Labute approximate surface area is 145 Å².